The minimum absolute atomic E-state index is 0.0705. The van der Waals surface area contributed by atoms with Crippen molar-refractivity contribution in [1.29, 1.82) is 0 Å². The van der Waals surface area contributed by atoms with Crippen molar-refractivity contribution < 1.29 is 19.2 Å². The van der Waals surface area contributed by atoms with Gasteiger partial charge in [0, 0.05) is 29.6 Å². The second-order valence-electron chi connectivity index (χ2n) is 7.62. The molecule has 156 valence electrons. The number of benzene rings is 2. The van der Waals surface area contributed by atoms with Crippen molar-refractivity contribution in [1.82, 2.24) is 4.90 Å². The predicted octanol–water partition coefficient (Wildman–Crippen LogP) is 5.78. The van der Waals surface area contributed by atoms with Crippen molar-refractivity contribution >= 4 is 23.5 Å². The van der Waals surface area contributed by atoms with Crippen LogP contribution in [0.1, 0.15) is 31.9 Å². The molecule has 0 saturated heterocycles. The summed E-state index contributed by atoms with van der Waals surface area (Å²) < 4.78 is 11.4. The van der Waals surface area contributed by atoms with Gasteiger partial charge >= 0.3 is 6.09 Å². The van der Waals surface area contributed by atoms with Crippen LogP contribution in [0.25, 0.3) is 0 Å². The standard InChI is InChI=1S/C21H26N2O5S/c1-14-11-17(8-10-19(14)29-6)27-18-9-7-16(23(25)26)12-15(18)13-22(5)20(24)28-21(2,3)4/h7-12H,13H2,1-6H3. The predicted molar refractivity (Wildman–Crippen MR) is 114 cm³/mol. The number of hydrogen-bond acceptors (Lipinski definition) is 6. The highest BCUT2D eigenvalue weighted by Gasteiger charge is 2.22. The van der Waals surface area contributed by atoms with Crippen LogP contribution >= 0.6 is 11.8 Å². The summed E-state index contributed by atoms with van der Waals surface area (Å²) in [5.74, 6) is 1.07. The number of amides is 1. The lowest BCUT2D eigenvalue weighted by Crippen LogP contribution is -2.33. The number of nitrogens with zero attached hydrogens (tertiary/aromatic N) is 2. The lowest BCUT2D eigenvalue weighted by molar-refractivity contribution is -0.384. The van der Waals surface area contributed by atoms with E-state index in [2.05, 4.69) is 0 Å². The summed E-state index contributed by atoms with van der Waals surface area (Å²) in [5.41, 5.74) is 0.881. The van der Waals surface area contributed by atoms with E-state index < -0.39 is 16.6 Å². The van der Waals surface area contributed by atoms with E-state index in [1.54, 1.807) is 45.6 Å². The minimum atomic E-state index is -0.635. The molecule has 29 heavy (non-hydrogen) atoms. The molecule has 0 bridgehead atoms. The first kappa shape index (κ1) is 22.5. The monoisotopic (exact) mass is 418 g/mol. The van der Waals surface area contributed by atoms with E-state index in [9.17, 15) is 14.9 Å². The summed E-state index contributed by atoms with van der Waals surface area (Å²) in [7, 11) is 1.58. The molecular weight excluding hydrogens is 392 g/mol. The number of nitro groups is 1. The average Bonchev–Trinajstić information content (AvgIpc) is 2.61. The van der Waals surface area contributed by atoms with Crippen molar-refractivity contribution in [2.75, 3.05) is 13.3 Å². The quantitative estimate of drug-likeness (QED) is 0.336. The highest BCUT2D eigenvalue weighted by Crippen LogP contribution is 2.32. The molecule has 0 N–H and O–H groups in total. The summed E-state index contributed by atoms with van der Waals surface area (Å²) in [6, 6.07) is 10.1. The Labute approximate surface area is 175 Å². The number of rotatable bonds is 6. The molecule has 0 aliphatic heterocycles. The van der Waals surface area contributed by atoms with Crippen LogP contribution in [-0.4, -0.2) is 34.8 Å². The van der Waals surface area contributed by atoms with Crippen molar-refractivity contribution in [3.05, 3.63) is 57.6 Å². The molecule has 2 aromatic carbocycles. The van der Waals surface area contributed by atoms with Gasteiger partial charge in [0.15, 0.2) is 0 Å². The fourth-order valence-corrected chi connectivity index (χ4v) is 3.19. The first-order chi connectivity index (χ1) is 13.5. The molecule has 0 spiro atoms. The third kappa shape index (κ3) is 6.39. The van der Waals surface area contributed by atoms with Crippen LogP contribution in [0.4, 0.5) is 10.5 Å². The SMILES string of the molecule is CSc1ccc(Oc2ccc([N+](=O)[O-])cc2CN(C)C(=O)OC(C)(C)C)cc1C. The van der Waals surface area contributed by atoms with Gasteiger partial charge in [-0.2, -0.15) is 0 Å². The van der Waals surface area contributed by atoms with Gasteiger partial charge in [-0.25, -0.2) is 4.79 Å². The zero-order chi connectivity index (χ0) is 21.8. The number of carbonyl (C=O) groups is 1. The van der Waals surface area contributed by atoms with Gasteiger partial charge in [-0.05, 0) is 63.8 Å². The molecule has 0 fully saturated rings. The van der Waals surface area contributed by atoms with Crippen molar-refractivity contribution in [3.8, 4) is 11.5 Å². The second kappa shape index (κ2) is 9.17. The Hall–Kier alpha value is -2.74. The maximum Gasteiger partial charge on any atom is 0.410 e. The zero-order valence-corrected chi connectivity index (χ0v) is 18.3. The molecule has 0 unspecified atom stereocenters. The summed E-state index contributed by atoms with van der Waals surface area (Å²) in [6.07, 6.45) is 1.49. The molecule has 0 radical (unpaired) electrons. The molecule has 2 rings (SSSR count). The van der Waals surface area contributed by atoms with Gasteiger partial charge in [-0.3, -0.25) is 10.1 Å². The summed E-state index contributed by atoms with van der Waals surface area (Å²) in [6.45, 7) is 7.43. The van der Waals surface area contributed by atoms with Crippen molar-refractivity contribution in [3.63, 3.8) is 0 Å². The molecule has 0 heterocycles. The molecule has 1 amide bonds. The first-order valence-corrected chi connectivity index (χ1v) is 10.3. The van der Waals surface area contributed by atoms with Gasteiger partial charge in [-0.15, -0.1) is 11.8 Å². The average molecular weight is 419 g/mol. The van der Waals surface area contributed by atoms with Crippen LogP contribution in [0, 0.1) is 17.0 Å². The molecule has 2 aromatic rings. The van der Waals surface area contributed by atoms with Crippen molar-refractivity contribution in [2.24, 2.45) is 0 Å². The van der Waals surface area contributed by atoms with E-state index in [4.69, 9.17) is 9.47 Å². The molecule has 0 aliphatic carbocycles. The molecule has 0 aliphatic rings. The Morgan fingerprint density at radius 3 is 2.45 bits per heavy atom. The van der Waals surface area contributed by atoms with Crippen molar-refractivity contribution in [2.45, 2.75) is 44.7 Å². The lowest BCUT2D eigenvalue weighted by atomic mass is 10.1. The number of nitro benzene ring substituents is 1. The van der Waals surface area contributed by atoms with E-state index in [0.717, 1.165) is 10.5 Å². The molecule has 7 nitrogen and oxygen atoms in total. The molecule has 8 heteroatoms. The number of aryl methyl sites for hydroxylation is 1. The van der Waals surface area contributed by atoms with Gasteiger partial charge in [0.1, 0.15) is 17.1 Å². The Balaban J connectivity index is 2.31. The maximum atomic E-state index is 12.3. The van der Waals surface area contributed by atoms with Crippen LogP contribution in [0.3, 0.4) is 0 Å². The maximum absolute atomic E-state index is 12.3. The number of carbonyl (C=O) groups excluding carboxylic acids is 1. The molecule has 0 saturated carbocycles. The number of hydrogen-bond donors (Lipinski definition) is 0. The van der Waals surface area contributed by atoms with E-state index in [1.807, 2.05) is 31.4 Å². The third-order valence-corrected chi connectivity index (χ3v) is 4.86. The van der Waals surface area contributed by atoms with E-state index in [0.29, 0.717) is 17.1 Å². The molecular formula is C21H26N2O5S. The van der Waals surface area contributed by atoms with Crippen LogP contribution in [0.2, 0.25) is 0 Å². The van der Waals surface area contributed by atoms with Gasteiger partial charge in [0.05, 0.1) is 11.5 Å². The van der Waals surface area contributed by atoms with Crippen LogP contribution < -0.4 is 4.74 Å². The van der Waals surface area contributed by atoms with Crippen LogP contribution in [0.15, 0.2) is 41.3 Å². The minimum Gasteiger partial charge on any atom is -0.457 e. The van der Waals surface area contributed by atoms with Gasteiger partial charge < -0.3 is 14.4 Å². The second-order valence-corrected chi connectivity index (χ2v) is 8.47. The van der Waals surface area contributed by atoms with Gasteiger partial charge in [0.25, 0.3) is 5.69 Å². The van der Waals surface area contributed by atoms with Gasteiger partial charge in [0.2, 0.25) is 0 Å². The summed E-state index contributed by atoms with van der Waals surface area (Å²) in [5, 5.41) is 11.2. The summed E-state index contributed by atoms with van der Waals surface area (Å²) in [4.78, 5) is 25.5. The highest BCUT2D eigenvalue weighted by molar-refractivity contribution is 7.98. The highest BCUT2D eigenvalue weighted by atomic mass is 32.2. The van der Waals surface area contributed by atoms with E-state index >= 15 is 0 Å². The normalized spacial score (nSPS) is 11.1. The largest absolute Gasteiger partial charge is 0.457 e. The van der Waals surface area contributed by atoms with E-state index in [-0.39, 0.29) is 12.2 Å². The third-order valence-electron chi connectivity index (χ3n) is 3.96. The van der Waals surface area contributed by atoms with E-state index in [1.165, 1.54) is 17.0 Å². The molecule has 0 atom stereocenters. The topological polar surface area (TPSA) is 81.9 Å². The first-order valence-electron chi connectivity index (χ1n) is 9.04. The Morgan fingerprint density at radius 1 is 1.21 bits per heavy atom. The number of ether oxygens (including phenoxy) is 2. The Morgan fingerprint density at radius 2 is 1.90 bits per heavy atom. The fraction of sp³-hybridized carbons (Fsp3) is 0.381. The van der Waals surface area contributed by atoms with Crippen LogP contribution in [-0.2, 0) is 11.3 Å². The fourth-order valence-electron chi connectivity index (χ4n) is 2.60. The zero-order valence-electron chi connectivity index (χ0n) is 17.5. The Kier molecular flexibility index (Phi) is 7.13. The van der Waals surface area contributed by atoms with Gasteiger partial charge in [-0.1, -0.05) is 0 Å². The summed E-state index contributed by atoms with van der Waals surface area (Å²) >= 11 is 1.65. The Bertz CT molecular complexity index is 908. The molecule has 0 aromatic heterocycles. The smallest absolute Gasteiger partial charge is 0.410 e. The number of thioether (sulfide) groups is 1. The lowest BCUT2D eigenvalue weighted by Gasteiger charge is -2.25. The number of non-ortho nitro benzene ring substituents is 1. The van der Waals surface area contributed by atoms with Crippen LogP contribution in [0.5, 0.6) is 11.5 Å².